The third-order valence-electron chi connectivity index (χ3n) is 4.91. The van der Waals surface area contributed by atoms with Crippen molar-refractivity contribution in [2.45, 2.75) is 65.3 Å². The summed E-state index contributed by atoms with van der Waals surface area (Å²) in [7, 11) is 0. The first-order valence-corrected chi connectivity index (χ1v) is 8.10. The lowest BCUT2D eigenvalue weighted by molar-refractivity contribution is 0.103. The molecule has 1 unspecified atom stereocenters. The van der Waals surface area contributed by atoms with Crippen molar-refractivity contribution in [1.82, 2.24) is 10.2 Å². The van der Waals surface area contributed by atoms with Crippen LogP contribution in [0.1, 0.15) is 59.3 Å². The van der Waals surface area contributed by atoms with Crippen LogP contribution in [0.4, 0.5) is 0 Å². The first-order chi connectivity index (χ1) is 8.65. The molecule has 106 valence electrons. The maximum atomic E-state index is 3.63. The SMILES string of the molecule is CCC1(CN(CCC(C)C)C2CC2)CCCNC1. The topological polar surface area (TPSA) is 15.3 Å². The first kappa shape index (κ1) is 14.3. The van der Waals surface area contributed by atoms with E-state index in [2.05, 4.69) is 31.0 Å². The van der Waals surface area contributed by atoms with Crippen LogP contribution in [0.5, 0.6) is 0 Å². The monoisotopic (exact) mass is 252 g/mol. The van der Waals surface area contributed by atoms with Crippen molar-refractivity contribution in [2.24, 2.45) is 11.3 Å². The van der Waals surface area contributed by atoms with Crippen LogP contribution in [-0.2, 0) is 0 Å². The van der Waals surface area contributed by atoms with Gasteiger partial charge in [-0.2, -0.15) is 0 Å². The normalized spacial score (nSPS) is 29.2. The molecule has 1 atom stereocenters. The van der Waals surface area contributed by atoms with Crippen LogP contribution >= 0.6 is 0 Å². The van der Waals surface area contributed by atoms with E-state index < -0.39 is 0 Å². The quantitative estimate of drug-likeness (QED) is 0.748. The Morgan fingerprint density at radius 2 is 2.11 bits per heavy atom. The van der Waals surface area contributed by atoms with E-state index in [1.165, 1.54) is 64.7 Å². The molecule has 0 spiro atoms. The van der Waals surface area contributed by atoms with Crippen molar-refractivity contribution in [1.29, 1.82) is 0 Å². The van der Waals surface area contributed by atoms with Crippen molar-refractivity contribution in [3.63, 3.8) is 0 Å². The zero-order valence-corrected chi connectivity index (χ0v) is 12.7. The second-order valence-electron chi connectivity index (χ2n) is 7.02. The predicted molar refractivity (Wildman–Crippen MR) is 78.9 cm³/mol. The molecule has 2 rings (SSSR count). The van der Waals surface area contributed by atoms with E-state index in [9.17, 15) is 0 Å². The van der Waals surface area contributed by atoms with Gasteiger partial charge >= 0.3 is 0 Å². The van der Waals surface area contributed by atoms with Crippen molar-refractivity contribution in [3.8, 4) is 0 Å². The van der Waals surface area contributed by atoms with Gasteiger partial charge in [-0.25, -0.2) is 0 Å². The Balaban J connectivity index is 1.89. The third-order valence-corrected chi connectivity index (χ3v) is 4.91. The molecular formula is C16H32N2. The second-order valence-corrected chi connectivity index (χ2v) is 7.02. The number of hydrogen-bond acceptors (Lipinski definition) is 2. The molecule has 1 aliphatic carbocycles. The summed E-state index contributed by atoms with van der Waals surface area (Å²) in [6.45, 7) is 12.2. The minimum Gasteiger partial charge on any atom is -0.316 e. The molecule has 1 saturated heterocycles. The van der Waals surface area contributed by atoms with Gasteiger partial charge in [0.2, 0.25) is 0 Å². The van der Waals surface area contributed by atoms with Crippen molar-refractivity contribution < 1.29 is 0 Å². The van der Waals surface area contributed by atoms with Crippen LogP contribution in [0.25, 0.3) is 0 Å². The van der Waals surface area contributed by atoms with Gasteiger partial charge in [-0.3, -0.25) is 4.90 Å². The highest BCUT2D eigenvalue weighted by Gasteiger charge is 2.37. The van der Waals surface area contributed by atoms with Crippen LogP contribution in [0.15, 0.2) is 0 Å². The van der Waals surface area contributed by atoms with Crippen LogP contribution in [0.3, 0.4) is 0 Å². The molecule has 1 N–H and O–H groups in total. The van der Waals surface area contributed by atoms with Gasteiger partial charge in [0, 0.05) is 19.1 Å². The van der Waals surface area contributed by atoms with E-state index in [-0.39, 0.29) is 0 Å². The molecule has 2 aliphatic rings. The fraction of sp³-hybridized carbons (Fsp3) is 1.00. The maximum Gasteiger partial charge on any atom is 0.00966 e. The van der Waals surface area contributed by atoms with Crippen molar-refractivity contribution >= 4 is 0 Å². The minimum absolute atomic E-state index is 0.567. The number of hydrogen-bond donors (Lipinski definition) is 1. The van der Waals surface area contributed by atoms with Crippen LogP contribution in [-0.4, -0.2) is 37.1 Å². The lowest BCUT2D eigenvalue weighted by Crippen LogP contribution is -2.48. The summed E-state index contributed by atoms with van der Waals surface area (Å²) in [6, 6.07) is 0.925. The van der Waals surface area contributed by atoms with Gasteiger partial charge in [-0.05, 0) is 62.9 Å². The molecule has 0 radical (unpaired) electrons. The molecule has 0 aromatic rings. The maximum absolute atomic E-state index is 3.63. The molecule has 0 bridgehead atoms. The van der Waals surface area contributed by atoms with Gasteiger partial charge in [-0.15, -0.1) is 0 Å². The summed E-state index contributed by atoms with van der Waals surface area (Å²) in [5.41, 5.74) is 0.567. The summed E-state index contributed by atoms with van der Waals surface area (Å²) < 4.78 is 0. The Labute approximate surface area is 114 Å². The van der Waals surface area contributed by atoms with E-state index in [1.807, 2.05) is 0 Å². The molecule has 1 saturated carbocycles. The first-order valence-electron chi connectivity index (χ1n) is 8.10. The molecular weight excluding hydrogens is 220 g/mol. The number of nitrogens with zero attached hydrogens (tertiary/aromatic N) is 1. The van der Waals surface area contributed by atoms with E-state index in [0.717, 1.165) is 12.0 Å². The molecule has 18 heavy (non-hydrogen) atoms. The van der Waals surface area contributed by atoms with E-state index in [4.69, 9.17) is 0 Å². The Kier molecular flexibility index (Phi) is 5.08. The summed E-state index contributed by atoms with van der Waals surface area (Å²) in [6.07, 6.45) is 8.41. The zero-order valence-electron chi connectivity index (χ0n) is 12.7. The Bertz CT molecular complexity index is 239. The van der Waals surface area contributed by atoms with Gasteiger partial charge in [-0.1, -0.05) is 20.8 Å². The Hall–Kier alpha value is -0.0800. The molecule has 0 aromatic carbocycles. The lowest BCUT2D eigenvalue weighted by atomic mass is 9.77. The van der Waals surface area contributed by atoms with Crippen LogP contribution < -0.4 is 5.32 Å². The van der Waals surface area contributed by atoms with Gasteiger partial charge in [0.25, 0.3) is 0 Å². The molecule has 1 aliphatic heterocycles. The third kappa shape index (κ3) is 3.96. The van der Waals surface area contributed by atoms with E-state index in [1.54, 1.807) is 0 Å². The number of piperidine rings is 1. The predicted octanol–water partition coefficient (Wildman–Crippen LogP) is 3.28. The summed E-state index contributed by atoms with van der Waals surface area (Å²) in [5.74, 6) is 0.841. The molecule has 2 heteroatoms. The summed E-state index contributed by atoms with van der Waals surface area (Å²) in [5, 5.41) is 3.63. The van der Waals surface area contributed by atoms with E-state index in [0.29, 0.717) is 5.41 Å². The van der Waals surface area contributed by atoms with Gasteiger partial charge in [0.15, 0.2) is 0 Å². The van der Waals surface area contributed by atoms with Gasteiger partial charge < -0.3 is 5.32 Å². The fourth-order valence-electron chi connectivity index (χ4n) is 3.26. The molecule has 2 nitrogen and oxygen atoms in total. The largest absolute Gasteiger partial charge is 0.316 e. The van der Waals surface area contributed by atoms with Gasteiger partial charge in [0.05, 0.1) is 0 Å². The van der Waals surface area contributed by atoms with E-state index >= 15 is 0 Å². The average molecular weight is 252 g/mol. The molecule has 0 aromatic heterocycles. The van der Waals surface area contributed by atoms with Crippen molar-refractivity contribution in [2.75, 3.05) is 26.2 Å². The molecule has 0 amide bonds. The number of nitrogens with one attached hydrogen (secondary N) is 1. The Morgan fingerprint density at radius 1 is 1.33 bits per heavy atom. The second kappa shape index (κ2) is 6.38. The van der Waals surface area contributed by atoms with Crippen LogP contribution in [0.2, 0.25) is 0 Å². The highest BCUT2D eigenvalue weighted by molar-refractivity contribution is 4.92. The highest BCUT2D eigenvalue weighted by Crippen LogP contribution is 2.36. The lowest BCUT2D eigenvalue weighted by Gasteiger charge is -2.41. The highest BCUT2D eigenvalue weighted by atomic mass is 15.2. The molecule has 1 heterocycles. The van der Waals surface area contributed by atoms with Crippen LogP contribution in [0, 0.1) is 11.3 Å². The smallest absolute Gasteiger partial charge is 0.00966 e. The minimum atomic E-state index is 0.567. The van der Waals surface area contributed by atoms with Crippen molar-refractivity contribution in [3.05, 3.63) is 0 Å². The fourth-order valence-corrected chi connectivity index (χ4v) is 3.26. The zero-order chi connectivity index (χ0) is 13.0. The number of rotatable bonds is 7. The summed E-state index contributed by atoms with van der Waals surface area (Å²) in [4.78, 5) is 2.82. The van der Waals surface area contributed by atoms with Gasteiger partial charge in [0.1, 0.15) is 0 Å². The summed E-state index contributed by atoms with van der Waals surface area (Å²) >= 11 is 0. The standard InChI is InChI=1S/C16H32N2/c1-4-16(9-5-10-17-12-16)13-18(15-6-7-15)11-8-14(2)3/h14-15,17H,4-13H2,1-3H3. The molecule has 2 fully saturated rings. The Morgan fingerprint density at radius 3 is 2.61 bits per heavy atom. The average Bonchev–Trinajstić information content (AvgIpc) is 3.20.